The predicted molar refractivity (Wildman–Crippen MR) is 197 cm³/mol. The van der Waals surface area contributed by atoms with Gasteiger partial charge in [-0.15, -0.1) is 0 Å². The number of nitrogens with zero attached hydrogens (tertiary/aromatic N) is 3. The number of amides is 5. The molecule has 2 aromatic rings. The summed E-state index contributed by atoms with van der Waals surface area (Å²) < 4.78 is 0. The van der Waals surface area contributed by atoms with Gasteiger partial charge in [0.05, 0.1) is 6.42 Å². The van der Waals surface area contributed by atoms with E-state index in [1.54, 1.807) is 0 Å². The second-order valence-corrected chi connectivity index (χ2v) is 14.1. The molecule has 3 heterocycles. The molecule has 10 nitrogen and oxygen atoms in total. The maximum Gasteiger partial charge on any atom is 0.319 e. The van der Waals surface area contributed by atoms with Gasteiger partial charge in [0.2, 0.25) is 17.7 Å². The van der Waals surface area contributed by atoms with Crippen molar-refractivity contribution in [1.29, 1.82) is 0 Å². The van der Waals surface area contributed by atoms with Gasteiger partial charge in [-0.3, -0.25) is 14.4 Å². The maximum atomic E-state index is 13.7. The van der Waals surface area contributed by atoms with Crippen LogP contribution in [-0.2, 0) is 20.8 Å². The third-order valence-electron chi connectivity index (χ3n) is 10.1. The first kappa shape index (κ1) is 37.9. The van der Waals surface area contributed by atoms with Crippen molar-refractivity contribution in [1.82, 2.24) is 20.0 Å². The highest BCUT2D eigenvalue weighted by Gasteiger charge is 2.34. The van der Waals surface area contributed by atoms with Gasteiger partial charge in [0.15, 0.2) is 0 Å². The van der Waals surface area contributed by atoms with E-state index in [0.29, 0.717) is 30.7 Å². The van der Waals surface area contributed by atoms with Crippen molar-refractivity contribution in [2.24, 2.45) is 5.92 Å². The molecule has 5 rings (SSSR count). The second-order valence-electron chi connectivity index (χ2n) is 14.1. The Kier molecular flexibility index (Phi) is 14.5. The van der Waals surface area contributed by atoms with Crippen LogP contribution in [0, 0.1) is 19.8 Å². The molecule has 1 atom stereocenters. The number of aryl methyl sites for hydroxylation is 3. The van der Waals surface area contributed by atoms with E-state index in [2.05, 4.69) is 34.7 Å². The number of carbonyl (C=O) groups is 4. The summed E-state index contributed by atoms with van der Waals surface area (Å²) in [5.41, 5.74) is 4.87. The number of piperidine rings is 3. The normalized spacial score (nSPS) is 18.1. The Morgan fingerprint density at radius 1 is 0.796 bits per heavy atom. The van der Waals surface area contributed by atoms with Crippen molar-refractivity contribution in [3.63, 3.8) is 0 Å². The van der Waals surface area contributed by atoms with Gasteiger partial charge in [0.1, 0.15) is 6.04 Å². The average Bonchev–Trinajstić information content (AvgIpc) is 3.10. The standard InChI is InChI=1S/C29H45N5O3.C10H13NO/c1-21-9-15-33(16-10-21)27(35)20-26(31-29(37)30-25-8-7-22(2)19-23(25)3)28(36)34-17-11-24(12-18-34)32-13-5-4-6-14-32;1-3-9-6-4-5-7-10(9)11-8(2)12/h7-8,19,21,24,26H,4-6,9-18,20H2,1-3H3,(H2,30,31,37);4-7H,3H2,1-2H3,(H,11,12). The Morgan fingerprint density at radius 3 is 2.08 bits per heavy atom. The summed E-state index contributed by atoms with van der Waals surface area (Å²) >= 11 is 0. The van der Waals surface area contributed by atoms with E-state index < -0.39 is 12.1 Å². The predicted octanol–water partition coefficient (Wildman–Crippen LogP) is 6.13. The van der Waals surface area contributed by atoms with E-state index in [9.17, 15) is 19.2 Å². The van der Waals surface area contributed by atoms with Gasteiger partial charge in [-0.1, -0.05) is 56.2 Å². The zero-order valence-electron chi connectivity index (χ0n) is 30.4. The molecule has 0 radical (unpaired) electrons. The molecular weight excluding hydrogens is 616 g/mol. The summed E-state index contributed by atoms with van der Waals surface area (Å²) in [5.74, 6) is 0.395. The van der Waals surface area contributed by atoms with Crippen LogP contribution in [0.5, 0.6) is 0 Å². The minimum atomic E-state index is -0.871. The van der Waals surface area contributed by atoms with Gasteiger partial charge in [0.25, 0.3) is 0 Å². The zero-order chi connectivity index (χ0) is 35.3. The van der Waals surface area contributed by atoms with Crippen molar-refractivity contribution in [3.05, 3.63) is 59.2 Å². The fourth-order valence-electron chi connectivity index (χ4n) is 7.13. The quantitative estimate of drug-likeness (QED) is 0.312. The van der Waals surface area contributed by atoms with Crippen LogP contribution in [0.2, 0.25) is 0 Å². The van der Waals surface area contributed by atoms with E-state index in [1.165, 1.54) is 31.7 Å². The van der Waals surface area contributed by atoms with Gasteiger partial charge in [-0.25, -0.2) is 4.79 Å². The third kappa shape index (κ3) is 11.6. The molecule has 268 valence electrons. The van der Waals surface area contributed by atoms with E-state index in [0.717, 1.165) is 75.1 Å². The van der Waals surface area contributed by atoms with Crippen LogP contribution in [0.4, 0.5) is 16.2 Å². The van der Waals surface area contributed by atoms with Crippen LogP contribution < -0.4 is 16.0 Å². The van der Waals surface area contributed by atoms with Crippen molar-refractivity contribution in [2.45, 2.75) is 104 Å². The van der Waals surface area contributed by atoms with E-state index in [1.807, 2.05) is 66.1 Å². The lowest BCUT2D eigenvalue weighted by atomic mass is 9.98. The second kappa shape index (κ2) is 18.7. The molecule has 0 spiro atoms. The van der Waals surface area contributed by atoms with Crippen molar-refractivity contribution >= 4 is 35.1 Å². The molecular formula is C39H58N6O4. The number of hydrogen-bond donors (Lipinski definition) is 3. The molecule has 0 aliphatic carbocycles. The lowest BCUT2D eigenvalue weighted by Gasteiger charge is -2.41. The molecule has 10 heteroatoms. The summed E-state index contributed by atoms with van der Waals surface area (Å²) in [5, 5.41) is 8.53. The Bertz CT molecular complexity index is 1410. The summed E-state index contributed by atoms with van der Waals surface area (Å²) in [6.07, 6.45) is 8.64. The molecule has 49 heavy (non-hydrogen) atoms. The van der Waals surface area contributed by atoms with Crippen molar-refractivity contribution < 1.29 is 19.2 Å². The number of anilines is 2. The van der Waals surface area contributed by atoms with Gasteiger partial charge < -0.3 is 30.7 Å². The van der Waals surface area contributed by atoms with Crippen LogP contribution in [0.3, 0.4) is 0 Å². The van der Waals surface area contributed by atoms with Crippen LogP contribution >= 0.6 is 0 Å². The summed E-state index contributed by atoms with van der Waals surface area (Å²) in [4.78, 5) is 56.9. The molecule has 3 aliphatic heterocycles. The average molecular weight is 675 g/mol. The molecule has 0 aromatic heterocycles. The highest BCUT2D eigenvalue weighted by atomic mass is 16.2. The van der Waals surface area contributed by atoms with Crippen molar-refractivity contribution in [2.75, 3.05) is 49.9 Å². The number of hydrogen-bond acceptors (Lipinski definition) is 5. The Labute approximate surface area is 293 Å². The molecule has 3 fully saturated rings. The molecule has 3 N–H and O–H groups in total. The summed E-state index contributed by atoms with van der Waals surface area (Å²) in [6, 6.07) is 12.9. The number of rotatable bonds is 8. The summed E-state index contributed by atoms with van der Waals surface area (Å²) in [6.45, 7) is 14.8. The van der Waals surface area contributed by atoms with Crippen LogP contribution in [-0.4, -0.2) is 89.8 Å². The van der Waals surface area contributed by atoms with Gasteiger partial charge in [0, 0.05) is 50.5 Å². The van der Waals surface area contributed by atoms with E-state index >= 15 is 0 Å². The Morgan fingerprint density at radius 2 is 1.45 bits per heavy atom. The minimum Gasteiger partial charge on any atom is -0.343 e. The fourth-order valence-corrected chi connectivity index (χ4v) is 7.13. The smallest absolute Gasteiger partial charge is 0.319 e. The highest BCUT2D eigenvalue weighted by molar-refractivity contribution is 5.96. The first-order chi connectivity index (χ1) is 23.5. The summed E-state index contributed by atoms with van der Waals surface area (Å²) in [7, 11) is 0. The first-order valence-corrected chi connectivity index (χ1v) is 18.3. The molecule has 3 aliphatic rings. The number of nitrogens with one attached hydrogen (secondary N) is 3. The maximum absolute atomic E-state index is 13.7. The van der Waals surface area contributed by atoms with Gasteiger partial charge >= 0.3 is 6.03 Å². The first-order valence-electron chi connectivity index (χ1n) is 18.3. The zero-order valence-corrected chi connectivity index (χ0v) is 30.4. The number of para-hydroxylation sites is 1. The third-order valence-corrected chi connectivity index (χ3v) is 10.1. The lowest BCUT2D eigenvalue weighted by Crippen LogP contribution is -2.55. The number of carbonyl (C=O) groups excluding carboxylic acids is 4. The Hall–Kier alpha value is -3.92. The molecule has 2 aromatic carbocycles. The number of urea groups is 1. The highest BCUT2D eigenvalue weighted by Crippen LogP contribution is 2.23. The van der Waals surface area contributed by atoms with E-state index in [4.69, 9.17) is 0 Å². The fraction of sp³-hybridized carbons (Fsp3) is 0.590. The molecule has 3 saturated heterocycles. The van der Waals surface area contributed by atoms with Crippen LogP contribution in [0.1, 0.15) is 88.8 Å². The number of likely N-dealkylation sites (tertiary alicyclic amines) is 3. The number of benzene rings is 2. The van der Waals surface area contributed by atoms with Crippen molar-refractivity contribution in [3.8, 4) is 0 Å². The minimum absolute atomic E-state index is 0.000429. The van der Waals surface area contributed by atoms with E-state index in [-0.39, 0.29) is 24.1 Å². The topological polar surface area (TPSA) is 114 Å². The van der Waals surface area contributed by atoms with Gasteiger partial charge in [-0.05, 0) is 101 Å². The SMILES string of the molecule is CCc1ccccc1NC(C)=O.Cc1ccc(NC(=O)NC(CC(=O)N2CCC(C)CC2)C(=O)N2CCC(N3CCCCC3)CC2)c(C)c1. The molecule has 1 unspecified atom stereocenters. The molecule has 0 saturated carbocycles. The van der Waals surface area contributed by atoms with Crippen LogP contribution in [0.25, 0.3) is 0 Å². The largest absolute Gasteiger partial charge is 0.343 e. The molecule has 5 amide bonds. The monoisotopic (exact) mass is 674 g/mol. The van der Waals surface area contributed by atoms with Crippen LogP contribution in [0.15, 0.2) is 42.5 Å². The lowest BCUT2D eigenvalue weighted by molar-refractivity contribution is -0.140. The molecule has 0 bridgehead atoms. The Balaban J connectivity index is 0.000000380. The van der Waals surface area contributed by atoms with Gasteiger partial charge in [-0.2, -0.15) is 0 Å².